The van der Waals surface area contributed by atoms with Crippen LogP contribution in [0.25, 0.3) is 0 Å². The molecule has 118 valence electrons. The molecule has 0 amide bonds. The molecule has 3 aromatic rings. The summed E-state index contributed by atoms with van der Waals surface area (Å²) in [4.78, 5) is 0. The van der Waals surface area contributed by atoms with Crippen LogP contribution in [0.3, 0.4) is 0 Å². The summed E-state index contributed by atoms with van der Waals surface area (Å²) in [6, 6.07) is 30.3. The van der Waals surface area contributed by atoms with Crippen molar-refractivity contribution < 1.29 is 0 Å². The summed E-state index contributed by atoms with van der Waals surface area (Å²) in [7, 11) is 0. The molecule has 0 aliphatic carbocycles. The van der Waals surface area contributed by atoms with Gasteiger partial charge in [-0.2, -0.15) is 5.53 Å². The van der Waals surface area contributed by atoms with Crippen molar-refractivity contribution in [3.05, 3.63) is 96.6 Å². The average molecular weight is 336 g/mol. The molecule has 0 saturated carbocycles. The molecule has 5 heteroatoms. The maximum Gasteiger partial charge on any atom is 0.285 e. The fraction of sp³-hybridized carbons (Fsp3) is 0. The molecule has 1 heterocycles. The van der Waals surface area contributed by atoms with Gasteiger partial charge in [0.25, 0.3) is 5.84 Å². The topological polar surface area (TPSA) is 27.6 Å². The number of hydrogen-bond acceptors (Lipinski definition) is 3. The van der Waals surface area contributed by atoms with Gasteiger partial charge in [-0.3, -0.25) is 0 Å². The van der Waals surface area contributed by atoms with Gasteiger partial charge in [-0.25, -0.2) is 0 Å². The predicted octanol–water partition coefficient (Wildman–Crippen LogP) is 4.58. The zero-order valence-electron chi connectivity index (χ0n) is 12.9. The minimum Gasteiger partial charge on any atom is -0.173 e. The molecular formula is C19H16ClN4+. The SMILES string of the molecule is ClN1NN=C(c2ccccc2)[N+]1(c1ccccc1)c1ccccc1. The Morgan fingerprint density at radius 2 is 1.17 bits per heavy atom. The second-order valence-electron chi connectivity index (χ2n) is 5.47. The van der Waals surface area contributed by atoms with Gasteiger partial charge in [0.15, 0.2) is 11.4 Å². The lowest BCUT2D eigenvalue weighted by molar-refractivity contribution is 0.193. The molecule has 4 nitrogen and oxygen atoms in total. The van der Waals surface area contributed by atoms with Crippen molar-refractivity contribution in [2.75, 3.05) is 0 Å². The number of benzene rings is 3. The van der Waals surface area contributed by atoms with Gasteiger partial charge in [0.05, 0.1) is 22.0 Å². The van der Waals surface area contributed by atoms with Crippen LogP contribution in [0.5, 0.6) is 0 Å². The minimum absolute atomic E-state index is 0.160. The predicted molar refractivity (Wildman–Crippen MR) is 98.1 cm³/mol. The number of quaternary nitrogens is 1. The third kappa shape index (κ3) is 2.20. The smallest absolute Gasteiger partial charge is 0.173 e. The number of nitrogens with one attached hydrogen (secondary N) is 1. The van der Waals surface area contributed by atoms with Crippen LogP contribution in [0, 0.1) is 0 Å². The maximum absolute atomic E-state index is 6.63. The molecule has 0 unspecified atom stereocenters. The Bertz CT molecular complexity index is 811. The summed E-state index contributed by atoms with van der Waals surface area (Å²) in [5, 5.41) is 4.53. The van der Waals surface area contributed by atoms with Crippen LogP contribution in [-0.2, 0) is 0 Å². The van der Waals surface area contributed by atoms with Crippen LogP contribution < -0.4 is 10.1 Å². The summed E-state index contributed by atoms with van der Waals surface area (Å²) < 4.78 is 1.65. The number of para-hydroxylation sites is 2. The van der Waals surface area contributed by atoms with Crippen molar-refractivity contribution in [3.8, 4) is 0 Å². The Morgan fingerprint density at radius 1 is 0.708 bits per heavy atom. The second-order valence-corrected chi connectivity index (χ2v) is 5.79. The molecule has 1 N–H and O–H groups in total. The van der Waals surface area contributed by atoms with Gasteiger partial charge in [0, 0.05) is 24.3 Å². The maximum atomic E-state index is 6.63. The molecule has 4 rings (SSSR count). The lowest BCUT2D eigenvalue weighted by Crippen LogP contribution is -2.56. The first-order chi connectivity index (χ1) is 11.8. The van der Waals surface area contributed by atoms with Crippen molar-refractivity contribution in [2.45, 2.75) is 0 Å². The molecule has 0 spiro atoms. The van der Waals surface area contributed by atoms with Crippen LogP contribution in [0.4, 0.5) is 11.4 Å². The Labute approximate surface area is 145 Å². The standard InChI is InChI=1S/C19H16ClN4/c20-23-22-21-19(16-10-4-1-5-11-16)24(23,17-12-6-2-7-13-17)18-14-8-3-9-15-18/h1-15,22H/q+1. The zero-order valence-corrected chi connectivity index (χ0v) is 13.6. The van der Waals surface area contributed by atoms with E-state index in [0.717, 1.165) is 22.8 Å². The lowest BCUT2D eigenvalue weighted by atomic mass is 10.1. The lowest BCUT2D eigenvalue weighted by Gasteiger charge is -2.34. The Balaban J connectivity index is 2.00. The fourth-order valence-electron chi connectivity index (χ4n) is 3.03. The number of halogens is 1. The molecule has 24 heavy (non-hydrogen) atoms. The number of hydrazine groups is 1. The van der Waals surface area contributed by atoms with Gasteiger partial charge in [-0.05, 0) is 12.1 Å². The van der Waals surface area contributed by atoms with E-state index in [1.54, 1.807) is 0 Å². The van der Waals surface area contributed by atoms with Gasteiger partial charge < -0.3 is 0 Å². The molecule has 1 aliphatic heterocycles. The largest absolute Gasteiger partial charge is 0.285 e. The van der Waals surface area contributed by atoms with E-state index in [2.05, 4.69) is 10.6 Å². The quantitative estimate of drug-likeness (QED) is 0.560. The normalized spacial score (nSPS) is 16.5. The third-order valence-corrected chi connectivity index (χ3v) is 4.40. The van der Waals surface area contributed by atoms with E-state index >= 15 is 0 Å². The summed E-state index contributed by atoms with van der Waals surface area (Å²) in [6.07, 6.45) is 0. The molecule has 0 saturated heterocycles. The van der Waals surface area contributed by atoms with Gasteiger partial charge in [0.2, 0.25) is 0 Å². The average Bonchev–Trinajstić information content (AvgIpc) is 3.02. The van der Waals surface area contributed by atoms with Gasteiger partial charge in [-0.15, -0.1) is 0 Å². The van der Waals surface area contributed by atoms with Gasteiger partial charge in [-0.1, -0.05) is 64.3 Å². The molecule has 0 atom stereocenters. The highest BCUT2D eigenvalue weighted by molar-refractivity contribution is 6.20. The van der Waals surface area contributed by atoms with Crippen molar-refractivity contribution >= 4 is 29.0 Å². The summed E-state index contributed by atoms with van der Waals surface area (Å²) >= 11 is 6.63. The second kappa shape index (κ2) is 6.09. The number of rotatable bonds is 3. The first-order valence-corrected chi connectivity index (χ1v) is 8.03. The molecule has 3 aromatic carbocycles. The van der Waals surface area contributed by atoms with Crippen molar-refractivity contribution in [2.24, 2.45) is 5.10 Å². The molecule has 0 radical (unpaired) electrons. The van der Waals surface area contributed by atoms with Gasteiger partial charge in [0.1, 0.15) is 0 Å². The number of hydrazone groups is 1. The number of hydrogen-bond donors (Lipinski definition) is 1. The molecule has 0 bridgehead atoms. The van der Waals surface area contributed by atoms with Crippen LogP contribution in [-0.4, -0.2) is 10.5 Å². The van der Waals surface area contributed by atoms with Crippen molar-refractivity contribution in [1.82, 2.24) is 14.8 Å². The first kappa shape index (κ1) is 14.9. The van der Waals surface area contributed by atoms with Crippen LogP contribution in [0.1, 0.15) is 5.56 Å². The van der Waals surface area contributed by atoms with E-state index in [-0.39, 0.29) is 4.59 Å². The number of nitrogens with zero attached hydrogens (tertiary/aromatic N) is 3. The molecule has 0 fully saturated rings. The van der Waals surface area contributed by atoms with Crippen LogP contribution in [0.2, 0.25) is 0 Å². The Kier molecular flexibility index (Phi) is 3.78. The fourth-order valence-corrected chi connectivity index (χ4v) is 3.32. The summed E-state index contributed by atoms with van der Waals surface area (Å²) in [6.45, 7) is 0. The van der Waals surface area contributed by atoms with Gasteiger partial charge >= 0.3 is 0 Å². The minimum atomic E-state index is 0.160. The first-order valence-electron chi connectivity index (χ1n) is 7.69. The van der Waals surface area contributed by atoms with E-state index in [1.165, 1.54) is 4.64 Å². The van der Waals surface area contributed by atoms with Crippen LogP contribution >= 0.6 is 11.8 Å². The van der Waals surface area contributed by atoms with E-state index in [0.29, 0.717) is 0 Å². The van der Waals surface area contributed by atoms with E-state index in [9.17, 15) is 0 Å². The van der Waals surface area contributed by atoms with Crippen molar-refractivity contribution in [3.63, 3.8) is 0 Å². The monoisotopic (exact) mass is 335 g/mol. The molecule has 1 aliphatic rings. The molecular weight excluding hydrogens is 320 g/mol. The van der Waals surface area contributed by atoms with E-state index in [1.807, 2.05) is 91.0 Å². The Hall–Kier alpha value is -2.66. The molecule has 0 aromatic heterocycles. The highest BCUT2D eigenvalue weighted by Crippen LogP contribution is 2.41. The highest BCUT2D eigenvalue weighted by Gasteiger charge is 2.51. The van der Waals surface area contributed by atoms with E-state index in [4.69, 9.17) is 11.8 Å². The van der Waals surface area contributed by atoms with Crippen LogP contribution in [0.15, 0.2) is 96.1 Å². The van der Waals surface area contributed by atoms with E-state index < -0.39 is 0 Å². The van der Waals surface area contributed by atoms with Crippen molar-refractivity contribution in [1.29, 1.82) is 0 Å². The Morgan fingerprint density at radius 3 is 1.67 bits per heavy atom. The zero-order chi connectivity index (χ0) is 16.4. The highest BCUT2D eigenvalue weighted by atomic mass is 35.5. The summed E-state index contributed by atoms with van der Waals surface area (Å²) in [5.41, 5.74) is 5.90. The summed E-state index contributed by atoms with van der Waals surface area (Å²) in [5.74, 6) is 0.808. The number of amidine groups is 1. The third-order valence-electron chi connectivity index (χ3n) is 4.10.